The van der Waals surface area contributed by atoms with Crippen molar-refractivity contribution in [3.05, 3.63) is 16.3 Å². The zero-order valence-corrected chi connectivity index (χ0v) is 9.59. The van der Waals surface area contributed by atoms with Gasteiger partial charge < -0.3 is 16.0 Å². The van der Waals surface area contributed by atoms with Gasteiger partial charge in [0.2, 0.25) is 0 Å². The van der Waals surface area contributed by atoms with Gasteiger partial charge in [0.25, 0.3) is 17.6 Å². The summed E-state index contributed by atoms with van der Waals surface area (Å²) < 4.78 is 4.95. The van der Waals surface area contributed by atoms with Gasteiger partial charge in [-0.3, -0.25) is 4.79 Å². The molecular weight excluding hydrogens is 228 g/mol. The number of carbonyl (C=O) groups excluding carboxylic acids is 1. The van der Waals surface area contributed by atoms with Gasteiger partial charge in [0.05, 0.1) is 10.6 Å². The van der Waals surface area contributed by atoms with Gasteiger partial charge in [-0.1, -0.05) is 5.16 Å². The fourth-order valence-corrected chi connectivity index (χ4v) is 2.27. The standard InChI is InChI=1S/C9H10N4O2S/c1-3-4(2)16-7(11)5(3)9-12-8(6(10)14)13-15-9/h11H2,1-2H3,(H2,10,14). The van der Waals surface area contributed by atoms with Crippen molar-refractivity contribution in [2.45, 2.75) is 13.8 Å². The quantitative estimate of drug-likeness (QED) is 0.814. The zero-order chi connectivity index (χ0) is 11.9. The Kier molecular flexibility index (Phi) is 2.39. The lowest BCUT2D eigenvalue weighted by molar-refractivity contribution is 0.0987. The third-order valence-electron chi connectivity index (χ3n) is 2.27. The predicted octanol–water partition coefficient (Wildman–Crippen LogP) is 1.10. The van der Waals surface area contributed by atoms with Crippen molar-refractivity contribution in [2.24, 2.45) is 5.73 Å². The largest absolute Gasteiger partial charge is 0.390 e. The Bertz CT molecular complexity index is 558. The van der Waals surface area contributed by atoms with Crippen LogP contribution in [0.15, 0.2) is 4.52 Å². The Morgan fingerprint density at radius 1 is 1.44 bits per heavy atom. The molecule has 0 aromatic carbocycles. The number of primary amides is 1. The van der Waals surface area contributed by atoms with Crippen LogP contribution in [0.2, 0.25) is 0 Å². The van der Waals surface area contributed by atoms with E-state index in [0.29, 0.717) is 10.6 Å². The summed E-state index contributed by atoms with van der Waals surface area (Å²) in [6.45, 7) is 3.86. The van der Waals surface area contributed by atoms with Crippen LogP contribution in [0.25, 0.3) is 11.5 Å². The Hall–Kier alpha value is -1.89. The average Bonchev–Trinajstić information content (AvgIpc) is 2.74. The van der Waals surface area contributed by atoms with Gasteiger partial charge in [-0.2, -0.15) is 4.98 Å². The molecule has 2 rings (SSSR count). The number of thiophene rings is 1. The number of hydrogen-bond acceptors (Lipinski definition) is 6. The number of nitrogens with two attached hydrogens (primary N) is 2. The molecule has 2 heterocycles. The summed E-state index contributed by atoms with van der Waals surface area (Å²) in [6.07, 6.45) is 0. The van der Waals surface area contributed by atoms with E-state index >= 15 is 0 Å². The summed E-state index contributed by atoms with van der Waals surface area (Å²) in [5.74, 6) is -0.635. The molecule has 0 aliphatic heterocycles. The maximum absolute atomic E-state index is 10.8. The second-order valence-electron chi connectivity index (χ2n) is 3.31. The van der Waals surface area contributed by atoms with E-state index in [1.807, 2.05) is 13.8 Å². The van der Waals surface area contributed by atoms with Crippen molar-refractivity contribution in [1.82, 2.24) is 10.1 Å². The van der Waals surface area contributed by atoms with Crippen LogP contribution >= 0.6 is 11.3 Å². The molecule has 0 aliphatic rings. The molecule has 16 heavy (non-hydrogen) atoms. The summed E-state index contributed by atoms with van der Waals surface area (Å²) >= 11 is 1.44. The van der Waals surface area contributed by atoms with E-state index in [9.17, 15) is 4.79 Å². The number of anilines is 1. The van der Waals surface area contributed by atoms with E-state index in [-0.39, 0.29) is 11.7 Å². The lowest BCUT2D eigenvalue weighted by atomic mass is 10.1. The topological polar surface area (TPSA) is 108 Å². The second kappa shape index (κ2) is 3.60. The molecule has 0 radical (unpaired) electrons. The Morgan fingerprint density at radius 3 is 2.56 bits per heavy atom. The molecular formula is C9H10N4O2S. The minimum absolute atomic E-state index is 0.141. The summed E-state index contributed by atoms with van der Waals surface area (Å²) in [6, 6.07) is 0. The van der Waals surface area contributed by atoms with Crippen molar-refractivity contribution < 1.29 is 9.32 Å². The van der Waals surface area contributed by atoms with Gasteiger partial charge in [0.15, 0.2) is 0 Å². The van der Waals surface area contributed by atoms with Crippen LogP contribution in [0.5, 0.6) is 0 Å². The van der Waals surface area contributed by atoms with Crippen LogP contribution in [0, 0.1) is 13.8 Å². The first-order valence-electron chi connectivity index (χ1n) is 4.50. The smallest absolute Gasteiger partial charge is 0.290 e. The Balaban J connectivity index is 2.54. The predicted molar refractivity (Wildman–Crippen MR) is 60.0 cm³/mol. The van der Waals surface area contributed by atoms with Crippen molar-refractivity contribution in [2.75, 3.05) is 5.73 Å². The molecule has 0 saturated carbocycles. The molecule has 2 aromatic rings. The first-order chi connectivity index (χ1) is 7.50. The first kappa shape index (κ1) is 10.6. The van der Waals surface area contributed by atoms with Crippen molar-refractivity contribution >= 4 is 22.2 Å². The SMILES string of the molecule is Cc1sc(N)c(-c2nc(C(N)=O)no2)c1C. The van der Waals surface area contributed by atoms with Gasteiger partial charge in [0.1, 0.15) is 0 Å². The highest BCUT2D eigenvalue weighted by Crippen LogP contribution is 2.36. The molecule has 1 amide bonds. The molecule has 0 bridgehead atoms. The number of hydrogen-bond donors (Lipinski definition) is 2. The second-order valence-corrected chi connectivity index (χ2v) is 4.57. The van der Waals surface area contributed by atoms with E-state index in [0.717, 1.165) is 10.4 Å². The summed E-state index contributed by atoms with van der Waals surface area (Å²) in [5.41, 5.74) is 12.5. The highest BCUT2D eigenvalue weighted by molar-refractivity contribution is 7.16. The maximum atomic E-state index is 10.8. The number of nitrogens with zero attached hydrogens (tertiary/aromatic N) is 2. The lowest BCUT2D eigenvalue weighted by Crippen LogP contribution is -2.12. The number of rotatable bonds is 2. The first-order valence-corrected chi connectivity index (χ1v) is 5.31. The molecule has 84 valence electrons. The molecule has 2 aromatic heterocycles. The summed E-state index contributed by atoms with van der Waals surface area (Å²) in [5, 5.41) is 4.06. The van der Waals surface area contributed by atoms with E-state index in [1.54, 1.807) is 0 Å². The van der Waals surface area contributed by atoms with Crippen molar-refractivity contribution in [3.8, 4) is 11.5 Å². The molecule has 0 aliphatic carbocycles. The van der Waals surface area contributed by atoms with E-state index < -0.39 is 5.91 Å². The van der Waals surface area contributed by atoms with Crippen molar-refractivity contribution in [1.29, 1.82) is 0 Å². The van der Waals surface area contributed by atoms with Crippen LogP contribution in [-0.2, 0) is 0 Å². The highest BCUT2D eigenvalue weighted by Gasteiger charge is 2.19. The van der Waals surface area contributed by atoms with Gasteiger partial charge >= 0.3 is 0 Å². The number of aromatic nitrogens is 2. The fraction of sp³-hybridized carbons (Fsp3) is 0.222. The number of aryl methyl sites for hydroxylation is 1. The molecule has 7 heteroatoms. The Labute approximate surface area is 95.2 Å². The maximum Gasteiger partial charge on any atom is 0.290 e. The van der Waals surface area contributed by atoms with Gasteiger partial charge in [0, 0.05) is 4.88 Å². The van der Waals surface area contributed by atoms with E-state index in [1.165, 1.54) is 11.3 Å². The van der Waals surface area contributed by atoms with Gasteiger partial charge in [-0.25, -0.2) is 0 Å². The van der Waals surface area contributed by atoms with Gasteiger partial charge in [-0.15, -0.1) is 11.3 Å². The lowest BCUT2D eigenvalue weighted by Gasteiger charge is -1.94. The monoisotopic (exact) mass is 238 g/mol. The number of amides is 1. The minimum Gasteiger partial charge on any atom is -0.390 e. The van der Waals surface area contributed by atoms with Crippen LogP contribution in [0.1, 0.15) is 21.1 Å². The molecule has 4 N–H and O–H groups in total. The van der Waals surface area contributed by atoms with Crippen LogP contribution < -0.4 is 11.5 Å². The number of carbonyl (C=O) groups is 1. The number of nitrogen functional groups attached to an aromatic ring is 1. The zero-order valence-electron chi connectivity index (χ0n) is 8.77. The summed E-state index contributed by atoms with van der Waals surface area (Å²) in [7, 11) is 0. The Morgan fingerprint density at radius 2 is 2.12 bits per heavy atom. The molecule has 0 spiro atoms. The third-order valence-corrected chi connectivity index (χ3v) is 3.31. The molecule has 0 atom stereocenters. The average molecular weight is 238 g/mol. The molecule has 0 unspecified atom stereocenters. The fourth-order valence-electron chi connectivity index (χ4n) is 1.34. The van der Waals surface area contributed by atoms with E-state index in [4.69, 9.17) is 16.0 Å². The molecule has 0 saturated heterocycles. The normalized spacial score (nSPS) is 10.6. The van der Waals surface area contributed by atoms with Crippen LogP contribution in [-0.4, -0.2) is 16.0 Å². The van der Waals surface area contributed by atoms with Crippen LogP contribution in [0.3, 0.4) is 0 Å². The molecule has 0 fully saturated rings. The van der Waals surface area contributed by atoms with Gasteiger partial charge in [-0.05, 0) is 19.4 Å². The van der Waals surface area contributed by atoms with E-state index in [2.05, 4.69) is 10.1 Å². The summed E-state index contributed by atoms with van der Waals surface area (Å²) in [4.78, 5) is 15.8. The molecule has 6 nitrogen and oxygen atoms in total. The third kappa shape index (κ3) is 1.54. The van der Waals surface area contributed by atoms with Crippen molar-refractivity contribution in [3.63, 3.8) is 0 Å². The highest BCUT2D eigenvalue weighted by atomic mass is 32.1. The van der Waals surface area contributed by atoms with Crippen LogP contribution in [0.4, 0.5) is 5.00 Å². The minimum atomic E-state index is -0.724.